The molecule has 5 heteroatoms. The first-order valence-corrected chi connectivity index (χ1v) is 4.50. The van der Waals surface area contributed by atoms with E-state index in [1.54, 1.807) is 19.3 Å². The number of ketones is 1. The first-order chi connectivity index (χ1) is 7.16. The molecule has 0 saturated carbocycles. The molecular formula is C10H10N4O. The van der Waals surface area contributed by atoms with Crippen LogP contribution < -0.4 is 0 Å². The largest absolute Gasteiger partial charge is 0.285 e. The Morgan fingerprint density at radius 2 is 2.07 bits per heavy atom. The molecule has 0 fully saturated rings. The van der Waals surface area contributed by atoms with Crippen LogP contribution in [0, 0.1) is 6.92 Å². The van der Waals surface area contributed by atoms with E-state index in [0.717, 1.165) is 5.56 Å². The predicted octanol–water partition coefficient (Wildman–Crippen LogP) is 0.750. The lowest BCUT2D eigenvalue weighted by Crippen LogP contribution is -2.05. The summed E-state index contributed by atoms with van der Waals surface area (Å²) in [5, 5.41) is 7.76. The van der Waals surface area contributed by atoms with Crippen LogP contribution in [0.1, 0.15) is 21.7 Å². The minimum absolute atomic E-state index is 0.205. The third-order valence-electron chi connectivity index (χ3n) is 1.98. The average Bonchev–Trinajstić information content (AvgIpc) is 2.65. The Kier molecular flexibility index (Phi) is 2.29. The smallest absolute Gasteiger partial charge is 0.233 e. The molecule has 2 aromatic heterocycles. The standard InChI is InChI=1S/C10H10N4O/c1-7-3-4-8(11-5-7)10(15)9-6-12-14(2)13-9/h3-6H,1-2H3. The van der Waals surface area contributed by atoms with Gasteiger partial charge in [-0.1, -0.05) is 6.07 Å². The molecule has 15 heavy (non-hydrogen) atoms. The van der Waals surface area contributed by atoms with Crippen LogP contribution >= 0.6 is 0 Å². The van der Waals surface area contributed by atoms with Crippen LogP contribution in [0.4, 0.5) is 0 Å². The first-order valence-electron chi connectivity index (χ1n) is 4.50. The van der Waals surface area contributed by atoms with Gasteiger partial charge in [-0.25, -0.2) is 0 Å². The SMILES string of the molecule is Cc1ccc(C(=O)c2cnn(C)n2)nc1. The normalized spacial score (nSPS) is 10.3. The van der Waals surface area contributed by atoms with Gasteiger partial charge in [0.15, 0.2) is 5.69 Å². The molecule has 0 radical (unpaired) electrons. The summed E-state index contributed by atoms with van der Waals surface area (Å²) >= 11 is 0. The lowest BCUT2D eigenvalue weighted by molar-refractivity contribution is 0.102. The molecule has 0 unspecified atom stereocenters. The third kappa shape index (κ3) is 1.90. The van der Waals surface area contributed by atoms with Crippen molar-refractivity contribution in [1.29, 1.82) is 0 Å². The van der Waals surface area contributed by atoms with Gasteiger partial charge in [0.1, 0.15) is 5.69 Å². The second kappa shape index (κ2) is 3.61. The van der Waals surface area contributed by atoms with E-state index in [4.69, 9.17) is 0 Å². The van der Waals surface area contributed by atoms with Gasteiger partial charge in [0.05, 0.1) is 6.20 Å². The number of carbonyl (C=O) groups excluding carboxylic acids is 1. The lowest BCUT2D eigenvalue weighted by Gasteiger charge is -1.96. The predicted molar refractivity (Wildman–Crippen MR) is 53.4 cm³/mol. The molecule has 76 valence electrons. The van der Waals surface area contributed by atoms with E-state index >= 15 is 0 Å². The summed E-state index contributed by atoms with van der Waals surface area (Å²) in [7, 11) is 1.67. The number of carbonyl (C=O) groups is 1. The second-order valence-electron chi connectivity index (χ2n) is 3.27. The van der Waals surface area contributed by atoms with Gasteiger partial charge in [-0.15, -0.1) is 0 Å². The number of pyridine rings is 1. The van der Waals surface area contributed by atoms with Crippen molar-refractivity contribution in [2.75, 3.05) is 0 Å². The fourth-order valence-electron chi connectivity index (χ4n) is 1.18. The van der Waals surface area contributed by atoms with E-state index in [0.29, 0.717) is 11.4 Å². The van der Waals surface area contributed by atoms with E-state index in [1.165, 1.54) is 11.0 Å². The van der Waals surface area contributed by atoms with Gasteiger partial charge in [-0.05, 0) is 18.6 Å². The summed E-state index contributed by atoms with van der Waals surface area (Å²) in [6.45, 7) is 1.92. The van der Waals surface area contributed by atoms with Gasteiger partial charge < -0.3 is 0 Å². The Labute approximate surface area is 86.8 Å². The zero-order valence-electron chi connectivity index (χ0n) is 8.51. The molecule has 0 aliphatic carbocycles. The van der Waals surface area contributed by atoms with Crippen LogP contribution in [-0.4, -0.2) is 25.8 Å². The molecule has 2 heterocycles. The summed E-state index contributed by atoms with van der Waals surface area (Å²) < 4.78 is 0. The van der Waals surface area contributed by atoms with Crippen molar-refractivity contribution in [2.45, 2.75) is 6.92 Å². The van der Waals surface area contributed by atoms with Gasteiger partial charge in [-0.2, -0.15) is 15.0 Å². The van der Waals surface area contributed by atoms with Gasteiger partial charge in [0, 0.05) is 13.2 Å². The highest BCUT2D eigenvalue weighted by molar-refractivity contribution is 6.06. The zero-order valence-corrected chi connectivity index (χ0v) is 8.51. The quantitative estimate of drug-likeness (QED) is 0.674. The molecule has 0 atom stereocenters. The van der Waals surface area contributed by atoms with Crippen molar-refractivity contribution < 1.29 is 4.79 Å². The number of rotatable bonds is 2. The summed E-state index contributed by atoms with van der Waals surface area (Å²) in [5.41, 5.74) is 1.72. The Balaban J connectivity index is 2.32. The van der Waals surface area contributed by atoms with Gasteiger partial charge >= 0.3 is 0 Å². The Hall–Kier alpha value is -2.04. The van der Waals surface area contributed by atoms with Crippen molar-refractivity contribution in [2.24, 2.45) is 7.05 Å². The molecule has 0 N–H and O–H groups in total. The van der Waals surface area contributed by atoms with Gasteiger partial charge in [0.2, 0.25) is 5.78 Å². The van der Waals surface area contributed by atoms with Gasteiger partial charge in [0.25, 0.3) is 0 Å². The summed E-state index contributed by atoms with van der Waals surface area (Å²) in [4.78, 5) is 17.2. The fraction of sp³-hybridized carbons (Fsp3) is 0.200. The number of aryl methyl sites for hydroxylation is 2. The zero-order chi connectivity index (χ0) is 10.8. The fourth-order valence-corrected chi connectivity index (χ4v) is 1.18. The minimum Gasteiger partial charge on any atom is -0.285 e. The molecule has 0 saturated heterocycles. The number of aromatic nitrogens is 4. The van der Waals surface area contributed by atoms with E-state index < -0.39 is 0 Å². The van der Waals surface area contributed by atoms with Crippen molar-refractivity contribution in [3.8, 4) is 0 Å². The van der Waals surface area contributed by atoms with Crippen LogP contribution in [0.15, 0.2) is 24.5 Å². The van der Waals surface area contributed by atoms with E-state index in [2.05, 4.69) is 15.2 Å². The number of hydrogen-bond donors (Lipinski definition) is 0. The second-order valence-corrected chi connectivity index (χ2v) is 3.27. The van der Waals surface area contributed by atoms with E-state index in [9.17, 15) is 4.79 Å². The highest BCUT2D eigenvalue weighted by atomic mass is 16.1. The van der Waals surface area contributed by atoms with Crippen LogP contribution in [0.2, 0.25) is 0 Å². The van der Waals surface area contributed by atoms with E-state index in [1.807, 2.05) is 13.0 Å². The molecule has 2 rings (SSSR count). The topological polar surface area (TPSA) is 60.7 Å². The molecule has 0 bridgehead atoms. The molecule has 0 spiro atoms. The van der Waals surface area contributed by atoms with Crippen molar-refractivity contribution in [3.05, 3.63) is 41.5 Å². The van der Waals surface area contributed by atoms with Crippen LogP contribution in [0.25, 0.3) is 0 Å². The molecule has 5 nitrogen and oxygen atoms in total. The molecule has 0 aromatic carbocycles. The average molecular weight is 202 g/mol. The Morgan fingerprint density at radius 1 is 1.27 bits per heavy atom. The molecular weight excluding hydrogens is 192 g/mol. The van der Waals surface area contributed by atoms with Crippen molar-refractivity contribution in [1.82, 2.24) is 20.0 Å². The number of hydrogen-bond acceptors (Lipinski definition) is 4. The summed E-state index contributed by atoms with van der Waals surface area (Å²) in [6, 6.07) is 3.53. The Morgan fingerprint density at radius 3 is 2.60 bits per heavy atom. The summed E-state index contributed by atoms with van der Waals surface area (Å²) in [6.07, 6.45) is 3.09. The van der Waals surface area contributed by atoms with Gasteiger partial charge in [-0.3, -0.25) is 9.78 Å². The molecule has 2 aromatic rings. The van der Waals surface area contributed by atoms with Crippen molar-refractivity contribution >= 4 is 5.78 Å². The monoisotopic (exact) mass is 202 g/mol. The first kappa shape index (κ1) is 9.51. The van der Waals surface area contributed by atoms with Crippen LogP contribution in [0.3, 0.4) is 0 Å². The minimum atomic E-state index is -0.205. The molecule has 0 aliphatic heterocycles. The third-order valence-corrected chi connectivity index (χ3v) is 1.98. The van der Waals surface area contributed by atoms with E-state index in [-0.39, 0.29) is 5.78 Å². The Bertz CT molecular complexity index is 486. The maximum absolute atomic E-state index is 11.8. The maximum atomic E-state index is 11.8. The number of nitrogens with zero attached hydrogens (tertiary/aromatic N) is 4. The van der Waals surface area contributed by atoms with Crippen molar-refractivity contribution in [3.63, 3.8) is 0 Å². The summed E-state index contributed by atoms with van der Waals surface area (Å²) in [5.74, 6) is -0.205. The highest BCUT2D eigenvalue weighted by Gasteiger charge is 2.13. The maximum Gasteiger partial charge on any atom is 0.233 e. The molecule has 0 aliphatic rings. The van der Waals surface area contributed by atoms with Crippen LogP contribution in [-0.2, 0) is 7.05 Å². The molecule has 0 amide bonds. The van der Waals surface area contributed by atoms with Crippen LogP contribution in [0.5, 0.6) is 0 Å². The lowest BCUT2D eigenvalue weighted by atomic mass is 10.2. The highest BCUT2D eigenvalue weighted by Crippen LogP contribution is 2.04.